The number of aromatic nitrogens is 2. The van der Waals surface area contributed by atoms with E-state index in [2.05, 4.69) is 10.2 Å². The molecule has 1 saturated heterocycles. The second-order valence-electron chi connectivity index (χ2n) is 4.20. The molecule has 1 aromatic heterocycles. The predicted molar refractivity (Wildman–Crippen MR) is 58.5 cm³/mol. The molecular formula is C11H17N3O2. The Morgan fingerprint density at radius 1 is 1.69 bits per heavy atom. The first-order valence-corrected chi connectivity index (χ1v) is 5.64. The standard InChI is InChI=1S/C11H17N3O2/c1-8(16)14-5-3-2-4-11(14)10-6-9(7-15)12-13-10/h6,11,15H,2-5,7H2,1H3,(H,12,13)/t11-/m1/s1. The second kappa shape index (κ2) is 4.65. The fourth-order valence-electron chi connectivity index (χ4n) is 2.25. The van der Waals surface area contributed by atoms with Crippen LogP contribution in [0.3, 0.4) is 0 Å². The number of carbonyl (C=O) groups excluding carboxylic acids is 1. The van der Waals surface area contributed by atoms with Crippen molar-refractivity contribution in [2.75, 3.05) is 6.54 Å². The van der Waals surface area contributed by atoms with Crippen LogP contribution in [-0.4, -0.2) is 32.7 Å². The van der Waals surface area contributed by atoms with Gasteiger partial charge >= 0.3 is 0 Å². The first kappa shape index (κ1) is 11.1. The number of carbonyl (C=O) groups is 1. The van der Waals surface area contributed by atoms with Crippen LogP contribution in [0.15, 0.2) is 6.07 Å². The molecule has 1 fully saturated rings. The van der Waals surface area contributed by atoms with Gasteiger partial charge in [0.2, 0.25) is 5.91 Å². The third-order valence-electron chi connectivity index (χ3n) is 3.07. The Bertz CT molecular complexity index is 375. The molecule has 16 heavy (non-hydrogen) atoms. The van der Waals surface area contributed by atoms with Crippen LogP contribution in [0.4, 0.5) is 0 Å². The van der Waals surface area contributed by atoms with Crippen LogP contribution >= 0.6 is 0 Å². The first-order chi connectivity index (χ1) is 7.72. The summed E-state index contributed by atoms with van der Waals surface area (Å²) in [5.74, 6) is 0.0956. The number of nitrogens with zero attached hydrogens (tertiary/aromatic N) is 2. The van der Waals surface area contributed by atoms with Gasteiger partial charge in [0.15, 0.2) is 0 Å². The van der Waals surface area contributed by atoms with Gasteiger partial charge in [0.05, 0.1) is 24.0 Å². The Labute approximate surface area is 94.5 Å². The third-order valence-corrected chi connectivity index (χ3v) is 3.07. The summed E-state index contributed by atoms with van der Waals surface area (Å²) in [5.41, 5.74) is 1.56. The van der Waals surface area contributed by atoms with Crippen molar-refractivity contribution in [1.29, 1.82) is 0 Å². The molecule has 5 nitrogen and oxygen atoms in total. The third kappa shape index (κ3) is 2.09. The van der Waals surface area contributed by atoms with E-state index in [4.69, 9.17) is 5.11 Å². The van der Waals surface area contributed by atoms with Gasteiger partial charge in [-0.1, -0.05) is 0 Å². The zero-order chi connectivity index (χ0) is 11.5. The van der Waals surface area contributed by atoms with Crippen LogP contribution in [0.1, 0.15) is 43.6 Å². The van der Waals surface area contributed by atoms with Crippen molar-refractivity contribution in [2.24, 2.45) is 0 Å². The number of aliphatic hydroxyl groups is 1. The van der Waals surface area contributed by atoms with E-state index in [1.54, 1.807) is 6.92 Å². The van der Waals surface area contributed by atoms with Crippen molar-refractivity contribution >= 4 is 5.91 Å². The van der Waals surface area contributed by atoms with Crippen molar-refractivity contribution in [3.8, 4) is 0 Å². The largest absolute Gasteiger partial charge is 0.390 e. The lowest BCUT2D eigenvalue weighted by molar-refractivity contribution is -0.132. The fourth-order valence-corrected chi connectivity index (χ4v) is 2.25. The highest BCUT2D eigenvalue weighted by Gasteiger charge is 2.27. The van der Waals surface area contributed by atoms with Gasteiger partial charge in [0.1, 0.15) is 0 Å². The number of hydrogen-bond acceptors (Lipinski definition) is 3. The molecule has 0 aromatic carbocycles. The van der Waals surface area contributed by atoms with E-state index in [9.17, 15) is 4.79 Å². The number of aromatic amines is 1. The summed E-state index contributed by atoms with van der Waals surface area (Å²) in [6.07, 6.45) is 3.14. The van der Waals surface area contributed by atoms with E-state index in [0.29, 0.717) is 5.69 Å². The molecule has 5 heteroatoms. The summed E-state index contributed by atoms with van der Waals surface area (Å²) in [6, 6.07) is 1.91. The van der Waals surface area contributed by atoms with Gasteiger partial charge in [-0.3, -0.25) is 9.89 Å². The highest BCUT2D eigenvalue weighted by atomic mass is 16.3. The molecule has 1 aromatic rings. The summed E-state index contributed by atoms with van der Waals surface area (Å²) in [5, 5.41) is 15.9. The molecule has 0 unspecified atom stereocenters. The Morgan fingerprint density at radius 3 is 3.12 bits per heavy atom. The summed E-state index contributed by atoms with van der Waals surface area (Å²) in [6.45, 7) is 2.36. The highest BCUT2D eigenvalue weighted by molar-refractivity contribution is 5.73. The van der Waals surface area contributed by atoms with Gasteiger partial charge in [-0.2, -0.15) is 5.10 Å². The number of hydrogen-bond donors (Lipinski definition) is 2. The Morgan fingerprint density at radius 2 is 2.50 bits per heavy atom. The molecule has 0 saturated carbocycles. The van der Waals surface area contributed by atoms with Gasteiger partial charge < -0.3 is 10.0 Å². The van der Waals surface area contributed by atoms with E-state index in [0.717, 1.165) is 31.5 Å². The zero-order valence-corrected chi connectivity index (χ0v) is 9.44. The topological polar surface area (TPSA) is 69.2 Å². The van der Waals surface area contributed by atoms with Crippen molar-refractivity contribution < 1.29 is 9.90 Å². The maximum Gasteiger partial charge on any atom is 0.220 e. The molecule has 1 aliphatic heterocycles. The zero-order valence-electron chi connectivity index (χ0n) is 9.44. The van der Waals surface area contributed by atoms with E-state index >= 15 is 0 Å². The van der Waals surface area contributed by atoms with Crippen LogP contribution in [-0.2, 0) is 11.4 Å². The van der Waals surface area contributed by atoms with Crippen molar-refractivity contribution in [2.45, 2.75) is 38.8 Å². The number of piperidine rings is 1. The summed E-state index contributed by atoms with van der Waals surface area (Å²) in [4.78, 5) is 13.4. The quantitative estimate of drug-likeness (QED) is 0.785. The SMILES string of the molecule is CC(=O)N1CCCC[C@@H]1c1cc(CO)[nH]n1. The lowest BCUT2D eigenvalue weighted by atomic mass is 9.99. The number of rotatable bonds is 2. The minimum atomic E-state index is -0.0419. The maximum atomic E-state index is 11.5. The number of nitrogens with one attached hydrogen (secondary N) is 1. The molecule has 0 radical (unpaired) electrons. The minimum absolute atomic E-state index is 0.0419. The van der Waals surface area contributed by atoms with E-state index < -0.39 is 0 Å². The van der Waals surface area contributed by atoms with Crippen molar-refractivity contribution in [1.82, 2.24) is 15.1 Å². The van der Waals surface area contributed by atoms with E-state index in [1.807, 2.05) is 11.0 Å². The molecule has 0 aliphatic carbocycles. The van der Waals surface area contributed by atoms with Gasteiger partial charge in [0, 0.05) is 13.5 Å². The lowest BCUT2D eigenvalue weighted by Gasteiger charge is -2.33. The molecule has 1 amide bonds. The monoisotopic (exact) mass is 223 g/mol. The highest BCUT2D eigenvalue weighted by Crippen LogP contribution is 2.29. The number of likely N-dealkylation sites (tertiary alicyclic amines) is 1. The maximum absolute atomic E-state index is 11.5. The summed E-state index contributed by atoms with van der Waals surface area (Å²) in [7, 11) is 0. The second-order valence-corrected chi connectivity index (χ2v) is 4.20. The van der Waals surface area contributed by atoms with E-state index in [1.165, 1.54) is 0 Å². The summed E-state index contributed by atoms with van der Waals surface area (Å²) < 4.78 is 0. The van der Waals surface area contributed by atoms with Crippen LogP contribution in [0.2, 0.25) is 0 Å². The van der Waals surface area contributed by atoms with Crippen molar-refractivity contribution in [3.63, 3.8) is 0 Å². The molecule has 2 heterocycles. The molecule has 0 spiro atoms. The van der Waals surface area contributed by atoms with Crippen LogP contribution < -0.4 is 0 Å². The number of aliphatic hydroxyl groups excluding tert-OH is 1. The van der Waals surface area contributed by atoms with E-state index in [-0.39, 0.29) is 18.6 Å². The number of amides is 1. The summed E-state index contributed by atoms with van der Waals surface area (Å²) >= 11 is 0. The van der Waals surface area contributed by atoms with Crippen LogP contribution in [0.5, 0.6) is 0 Å². The Hall–Kier alpha value is -1.36. The normalized spacial score (nSPS) is 21.1. The van der Waals surface area contributed by atoms with Crippen molar-refractivity contribution in [3.05, 3.63) is 17.5 Å². The van der Waals surface area contributed by atoms with Crippen LogP contribution in [0.25, 0.3) is 0 Å². The average Bonchev–Trinajstić information content (AvgIpc) is 2.77. The number of H-pyrrole nitrogens is 1. The van der Waals surface area contributed by atoms with Gasteiger partial charge in [-0.05, 0) is 25.3 Å². The Kier molecular flexibility index (Phi) is 3.24. The smallest absolute Gasteiger partial charge is 0.220 e. The molecule has 2 N–H and O–H groups in total. The first-order valence-electron chi connectivity index (χ1n) is 5.64. The molecular weight excluding hydrogens is 206 g/mol. The Balaban J connectivity index is 2.19. The molecule has 2 rings (SSSR count). The average molecular weight is 223 g/mol. The predicted octanol–water partition coefficient (Wildman–Crippen LogP) is 0.975. The van der Waals surface area contributed by atoms with Crippen LogP contribution in [0, 0.1) is 0 Å². The fraction of sp³-hybridized carbons (Fsp3) is 0.636. The molecule has 1 aliphatic rings. The van der Waals surface area contributed by atoms with Gasteiger partial charge in [-0.15, -0.1) is 0 Å². The van der Waals surface area contributed by atoms with Gasteiger partial charge in [0.25, 0.3) is 0 Å². The molecule has 0 bridgehead atoms. The lowest BCUT2D eigenvalue weighted by Crippen LogP contribution is -2.37. The molecule has 1 atom stereocenters. The molecule has 88 valence electrons. The van der Waals surface area contributed by atoms with Gasteiger partial charge in [-0.25, -0.2) is 0 Å². The minimum Gasteiger partial charge on any atom is -0.390 e.